The van der Waals surface area contributed by atoms with Crippen LogP contribution in [0.4, 0.5) is 20.6 Å². The van der Waals surface area contributed by atoms with Gasteiger partial charge in [0.15, 0.2) is 11.6 Å². The molecule has 1 aliphatic carbocycles. The molecule has 4 N–H and O–H groups in total. The molecular formula is C25H41FN6O3Si. The number of nitrogens with one attached hydrogen (secondary N) is 2. The number of halogens is 1. The van der Waals surface area contributed by atoms with E-state index in [1.165, 1.54) is 0 Å². The van der Waals surface area contributed by atoms with Crippen molar-refractivity contribution < 1.29 is 18.7 Å². The molecule has 1 heterocycles. The van der Waals surface area contributed by atoms with Gasteiger partial charge in [-0.3, -0.25) is 0 Å². The van der Waals surface area contributed by atoms with Crippen LogP contribution in [0.5, 0.6) is 0 Å². The van der Waals surface area contributed by atoms with Crippen molar-refractivity contribution in [2.24, 2.45) is 0 Å². The minimum absolute atomic E-state index is 0.0454. The fourth-order valence-corrected chi connectivity index (χ4v) is 4.81. The lowest BCUT2D eigenvalue weighted by Crippen LogP contribution is -2.44. The number of nitrogen functional groups attached to an aromatic ring is 1. The summed E-state index contributed by atoms with van der Waals surface area (Å²) >= 11 is 0. The SMILES string of the molecule is CC(C)(C)OC(=O)N[C@H]1CCC[C@@H](Nc2c(N)ccc(-c3ncn(COCC[Si](C)(C)C)n3)c2F)C1. The summed E-state index contributed by atoms with van der Waals surface area (Å²) in [4.78, 5) is 16.5. The number of amides is 1. The van der Waals surface area contributed by atoms with Crippen molar-refractivity contribution >= 4 is 25.5 Å². The van der Waals surface area contributed by atoms with Gasteiger partial charge in [-0.1, -0.05) is 19.6 Å². The van der Waals surface area contributed by atoms with Gasteiger partial charge in [0.2, 0.25) is 0 Å². The van der Waals surface area contributed by atoms with E-state index in [4.69, 9.17) is 15.2 Å². The van der Waals surface area contributed by atoms with Crippen molar-refractivity contribution in [1.29, 1.82) is 0 Å². The van der Waals surface area contributed by atoms with Crippen LogP contribution in [0.15, 0.2) is 18.5 Å². The van der Waals surface area contributed by atoms with Crippen molar-refractivity contribution in [3.8, 4) is 11.4 Å². The highest BCUT2D eigenvalue weighted by Crippen LogP contribution is 2.33. The lowest BCUT2D eigenvalue weighted by atomic mass is 9.90. The number of nitrogens with zero attached hydrogens (tertiary/aromatic N) is 3. The number of aromatic nitrogens is 3. The molecule has 2 atom stereocenters. The second-order valence-corrected chi connectivity index (χ2v) is 17.3. The summed E-state index contributed by atoms with van der Waals surface area (Å²) < 4.78 is 28.2. The second-order valence-electron chi connectivity index (χ2n) is 11.7. The maximum absolute atomic E-state index is 15.6. The number of hydrogen-bond acceptors (Lipinski definition) is 7. The van der Waals surface area contributed by atoms with Crippen molar-refractivity contribution in [3.63, 3.8) is 0 Å². The topological polar surface area (TPSA) is 116 Å². The van der Waals surface area contributed by atoms with Gasteiger partial charge >= 0.3 is 6.09 Å². The molecule has 1 aromatic heterocycles. The lowest BCUT2D eigenvalue weighted by Gasteiger charge is -2.32. The largest absolute Gasteiger partial charge is 0.444 e. The Morgan fingerprint density at radius 2 is 1.97 bits per heavy atom. The molecule has 0 saturated heterocycles. The summed E-state index contributed by atoms with van der Waals surface area (Å²) in [7, 11) is -1.17. The Morgan fingerprint density at radius 3 is 2.67 bits per heavy atom. The van der Waals surface area contributed by atoms with E-state index >= 15 is 4.39 Å². The fourth-order valence-electron chi connectivity index (χ4n) is 4.06. The molecule has 0 bridgehead atoms. The maximum Gasteiger partial charge on any atom is 0.407 e. The Labute approximate surface area is 214 Å². The maximum atomic E-state index is 15.6. The van der Waals surface area contributed by atoms with E-state index in [9.17, 15) is 4.79 Å². The third-order valence-corrected chi connectivity index (χ3v) is 7.62. The van der Waals surface area contributed by atoms with Crippen LogP contribution in [-0.4, -0.2) is 53.2 Å². The molecule has 1 fully saturated rings. The monoisotopic (exact) mass is 520 g/mol. The standard InChI is InChI=1S/C25H41FN6O3Si/c1-25(2,3)35-24(33)30-18-9-7-8-17(14-18)29-22-20(27)11-10-19(21(22)26)23-28-15-32(31-23)16-34-12-13-36(4,5)6/h10-11,15,17-18,29H,7-9,12-14,16,27H2,1-6H3,(H,30,33)/t17-,18+/m1/s1. The number of anilines is 2. The van der Waals surface area contributed by atoms with Crippen LogP contribution < -0.4 is 16.4 Å². The molecule has 0 aliphatic heterocycles. The van der Waals surface area contributed by atoms with E-state index in [1.54, 1.807) is 23.1 Å². The van der Waals surface area contributed by atoms with Crippen LogP contribution in [-0.2, 0) is 16.2 Å². The average molecular weight is 521 g/mol. The molecule has 36 heavy (non-hydrogen) atoms. The van der Waals surface area contributed by atoms with Crippen LogP contribution >= 0.6 is 0 Å². The Hall–Kier alpha value is -2.66. The van der Waals surface area contributed by atoms with Gasteiger partial charge in [-0.15, -0.1) is 5.10 Å². The van der Waals surface area contributed by atoms with Crippen LogP contribution in [0, 0.1) is 5.82 Å². The highest BCUT2D eigenvalue weighted by molar-refractivity contribution is 6.76. The molecule has 0 unspecified atom stereocenters. The average Bonchev–Trinajstić information content (AvgIpc) is 3.21. The fraction of sp³-hybridized carbons (Fsp3) is 0.640. The second kappa shape index (κ2) is 11.6. The number of carbonyl (C=O) groups is 1. The first kappa shape index (κ1) is 27.9. The summed E-state index contributed by atoms with van der Waals surface area (Å²) in [6.45, 7) is 13.3. The number of ether oxygens (including phenoxy) is 2. The van der Waals surface area contributed by atoms with E-state index in [0.717, 1.165) is 25.3 Å². The van der Waals surface area contributed by atoms with E-state index in [-0.39, 0.29) is 35.9 Å². The van der Waals surface area contributed by atoms with E-state index in [0.29, 0.717) is 18.7 Å². The molecule has 3 rings (SSSR count). The summed E-state index contributed by atoms with van der Waals surface area (Å²) in [5.74, 6) is -0.216. The number of carbonyl (C=O) groups excluding carboxylic acids is 1. The molecule has 1 aliphatic rings. The van der Waals surface area contributed by atoms with Crippen LogP contribution in [0.25, 0.3) is 11.4 Å². The number of rotatable bonds is 9. The molecule has 11 heteroatoms. The summed E-state index contributed by atoms with van der Waals surface area (Å²) in [6, 6.07) is 4.21. The third-order valence-electron chi connectivity index (χ3n) is 5.92. The van der Waals surface area contributed by atoms with Crippen LogP contribution in [0.3, 0.4) is 0 Å². The summed E-state index contributed by atoms with van der Waals surface area (Å²) in [5, 5.41) is 10.6. The van der Waals surface area contributed by atoms with Crippen LogP contribution in [0.2, 0.25) is 25.7 Å². The lowest BCUT2D eigenvalue weighted by molar-refractivity contribution is 0.0492. The molecule has 1 amide bonds. The van der Waals surface area contributed by atoms with Gasteiger partial charge in [0.05, 0.1) is 16.9 Å². The highest BCUT2D eigenvalue weighted by Gasteiger charge is 2.27. The summed E-state index contributed by atoms with van der Waals surface area (Å²) in [6.07, 6.45) is 4.33. The van der Waals surface area contributed by atoms with Gasteiger partial charge in [-0.2, -0.15) is 0 Å². The zero-order chi connectivity index (χ0) is 26.5. The first-order chi connectivity index (χ1) is 16.8. The molecule has 0 spiro atoms. The third kappa shape index (κ3) is 8.47. The van der Waals surface area contributed by atoms with Crippen molar-refractivity contribution in [1.82, 2.24) is 20.1 Å². The van der Waals surface area contributed by atoms with Crippen molar-refractivity contribution in [3.05, 3.63) is 24.3 Å². The highest BCUT2D eigenvalue weighted by atomic mass is 28.3. The Bertz CT molecular complexity index is 1030. The molecule has 200 valence electrons. The van der Waals surface area contributed by atoms with Gasteiger partial charge in [0, 0.05) is 26.8 Å². The van der Waals surface area contributed by atoms with E-state index < -0.39 is 25.6 Å². The van der Waals surface area contributed by atoms with Gasteiger partial charge in [-0.25, -0.2) is 18.9 Å². The van der Waals surface area contributed by atoms with Gasteiger partial charge in [0.1, 0.15) is 18.7 Å². The zero-order valence-electron chi connectivity index (χ0n) is 22.4. The van der Waals surface area contributed by atoms with Crippen LogP contribution in [0.1, 0.15) is 46.5 Å². The Morgan fingerprint density at radius 1 is 1.25 bits per heavy atom. The molecule has 1 aromatic carbocycles. The van der Waals surface area contributed by atoms with Crippen molar-refractivity contribution in [2.45, 2.75) is 96.6 Å². The molecule has 9 nitrogen and oxygen atoms in total. The molecule has 0 radical (unpaired) electrons. The molecule has 1 saturated carbocycles. The number of benzene rings is 1. The quantitative estimate of drug-likeness (QED) is 0.236. The minimum atomic E-state index is -1.17. The predicted molar refractivity (Wildman–Crippen MR) is 143 cm³/mol. The minimum Gasteiger partial charge on any atom is -0.444 e. The van der Waals surface area contributed by atoms with E-state index in [2.05, 4.69) is 40.4 Å². The molecule has 2 aromatic rings. The zero-order valence-corrected chi connectivity index (χ0v) is 23.4. The van der Waals surface area contributed by atoms with Gasteiger partial charge in [-0.05, 0) is 64.6 Å². The molecular weight excluding hydrogens is 479 g/mol. The van der Waals surface area contributed by atoms with Gasteiger partial charge in [0.25, 0.3) is 0 Å². The first-order valence-electron chi connectivity index (χ1n) is 12.6. The summed E-state index contributed by atoms with van der Waals surface area (Å²) in [5.41, 5.74) is 6.39. The number of alkyl carbamates (subject to hydrolysis) is 1. The number of hydrogen-bond donors (Lipinski definition) is 3. The Kier molecular flexibility index (Phi) is 8.99. The Balaban J connectivity index is 1.64. The van der Waals surface area contributed by atoms with E-state index in [1.807, 2.05) is 20.8 Å². The first-order valence-corrected chi connectivity index (χ1v) is 16.3. The predicted octanol–water partition coefficient (Wildman–Crippen LogP) is 5.23. The van der Waals surface area contributed by atoms with Gasteiger partial charge < -0.3 is 25.8 Å². The smallest absolute Gasteiger partial charge is 0.407 e. The normalized spacial score (nSPS) is 18.6. The number of nitrogens with two attached hydrogens (primary N) is 1. The van der Waals surface area contributed by atoms with Crippen molar-refractivity contribution in [2.75, 3.05) is 17.7 Å².